The molecule has 0 aliphatic rings. The molecule has 4 heteroatoms. The van der Waals surface area contributed by atoms with Gasteiger partial charge in [-0.3, -0.25) is 0 Å². The summed E-state index contributed by atoms with van der Waals surface area (Å²) in [6.45, 7) is 3.78. The summed E-state index contributed by atoms with van der Waals surface area (Å²) in [4.78, 5) is 0. The van der Waals surface area contributed by atoms with Crippen molar-refractivity contribution in [1.29, 1.82) is 0 Å². The molecule has 0 unspecified atom stereocenters. The Hall–Kier alpha value is -0.532. The summed E-state index contributed by atoms with van der Waals surface area (Å²) in [5.41, 5.74) is 1.97. The number of anilines is 1. The topological polar surface area (TPSA) is 24.1 Å². The van der Waals surface area contributed by atoms with Crippen LogP contribution in [0.2, 0.25) is 0 Å². The van der Waals surface area contributed by atoms with Crippen LogP contribution in [-0.2, 0) is 21.1 Å². The molecular weight excluding hydrogens is 352 g/mol. The Bertz CT molecular complexity index is 280. The van der Waals surface area contributed by atoms with Crippen LogP contribution in [0.4, 0.5) is 5.69 Å². The minimum absolute atomic E-state index is 0. The second-order valence-corrected chi connectivity index (χ2v) is 2.81. The first-order valence-electron chi connectivity index (χ1n) is 3.63. The van der Waals surface area contributed by atoms with Gasteiger partial charge in [0.25, 0.3) is 0 Å². The molecule has 1 aromatic rings. The average Bonchev–Trinajstić information content (AvgIpc) is 2.09. The molecule has 0 aromatic heterocycles. The van der Waals surface area contributed by atoms with Gasteiger partial charge in [-0.2, -0.15) is 24.6 Å². The summed E-state index contributed by atoms with van der Waals surface area (Å²) in [7, 11) is 1.78. The smallest absolute Gasteiger partial charge is 0.170 e. The molecule has 74 valence electrons. The molecule has 13 heavy (non-hydrogen) atoms. The molecule has 1 rings (SSSR count). The van der Waals surface area contributed by atoms with Crippen LogP contribution < -0.4 is 10.6 Å². The van der Waals surface area contributed by atoms with Crippen molar-refractivity contribution in [3.63, 3.8) is 0 Å². The van der Waals surface area contributed by atoms with E-state index in [9.17, 15) is 0 Å². The zero-order valence-corrected chi connectivity index (χ0v) is 11.1. The molecule has 0 amide bonds. The van der Waals surface area contributed by atoms with E-state index in [1.165, 1.54) is 0 Å². The minimum atomic E-state index is 0. The molecule has 0 fully saturated rings. The second-order valence-electron chi connectivity index (χ2n) is 2.40. The molecule has 2 nitrogen and oxygen atoms in total. The maximum absolute atomic E-state index is 4.93. The van der Waals surface area contributed by atoms with Gasteiger partial charge < -0.3 is 10.6 Å². The van der Waals surface area contributed by atoms with Crippen LogP contribution in [0.25, 0.3) is 0 Å². The number of nitrogens with one attached hydrogen (secondary N) is 2. The summed E-state index contributed by atoms with van der Waals surface area (Å²) < 4.78 is 0. The van der Waals surface area contributed by atoms with Gasteiger partial charge in [0.15, 0.2) is 5.11 Å². The van der Waals surface area contributed by atoms with Crippen LogP contribution >= 0.6 is 12.2 Å². The predicted octanol–water partition coefficient (Wildman–Crippen LogP) is 2.27. The van der Waals surface area contributed by atoms with E-state index in [0.717, 1.165) is 11.3 Å². The van der Waals surface area contributed by atoms with Crippen LogP contribution in [-0.4, -0.2) is 12.2 Å². The van der Waals surface area contributed by atoms with E-state index in [1.807, 2.05) is 24.3 Å². The Morgan fingerprint density at radius 1 is 1.38 bits per heavy atom. The number of hydrogen-bond donors (Lipinski definition) is 2. The third-order valence-corrected chi connectivity index (χ3v) is 1.75. The summed E-state index contributed by atoms with van der Waals surface area (Å²) in [6, 6.07) is 7.74. The number of benzene rings is 1. The third kappa shape index (κ3) is 4.30. The maximum atomic E-state index is 4.93. The Morgan fingerprint density at radius 2 is 1.92 bits per heavy atom. The fourth-order valence-corrected chi connectivity index (χ4v) is 0.900. The zero-order valence-electron chi connectivity index (χ0n) is 7.33. The van der Waals surface area contributed by atoms with Crippen molar-refractivity contribution in [3.05, 3.63) is 36.8 Å². The molecule has 0 bridgehead atoms. The first-order chi connectivity index (χ1) is 5.72. The molecule has 0 radical (unpaired) electrons. The van der Waals surface area contributed by atoms with Crippen molar-refractivity contribution in [1.82, 2.24) is 5.32 Å². The van der Waals surface area contributed by atoms with E-state index in [1.54, 1.807) is 7.05 Å². The monoisotopic (exact) mass is 367 g/mol. The quantitative estimate of drug-likeness (QED) is 0.589. The predicted molar refractivity (Wildman–Crippen MR) is 60.4 cm³/mol. The molecule has 0 heterocycles. The van der Waals surface area contributed by atoms with Gasteiger partial charge in [-0.25, -0.2) is 0 Å². The number of hydrogen-bond acceptors (Lipinski definition) is 1. The normalized spacial score (nSPS) is 8.38. The molecule has 0 saturated carbocycles. The van der Waals surface area contributed by atoms with E-state index in [2.05, 4.69) is 17.6 Å². The van der Waals surface area contributed by atoms with Crippen molar-refractivity contribution < 1.29 is 23.9 Å². The van der Waals surface area contributed by atoms with E-state index < -0.39 is 0 Å². The molecule has 0 atom stereocenters. The summed E-state index contributed by atoms with van der Waals surface area (Å²) >= 11 is 4.93. The molecule has 2 N–H and O–H groups in total. The van der Waals surface area contributed by atoms with Gasteiger partial charge in [-0.05, 0) is 12.2 Å². The average molecular weight is 367 g/mol. The third-order valence-electron chi connectivity index (χ3n) is 1.44. The van der Waals surface area contributed by atoms with Gasteiger partial charge in [-0.15, -0.1) is 0 Å². The number of thiocarbonyl (C=S) groups is 1. The summed E-state index contributed by atoms with van der Waals surface area (Å²) in [5, 5.41) is 6.46. The Morgan fingerprint density at radius 3 is 2.38 bits per heavy atom. The fraction of sp³-hybridized carbons (Fsp3) is 0.111. The number of rotatable bonds is 1. The van der Waals surface area contributed by atoms with Crippen LogP contribution in [0.1, 0.15) is 8.42 Å². The van der Waals surface area contributed by atoms with Gasteiger partial charge >= 0.3 is 0 Å². The Labute approximate surface area is 101 Å². The fourth-order valence-electron chi connectivity index (χ4n) is 0.782. The molecule has 0 saturated heterocycles. The SMILES string of the molecule is [CH2-]c1ccc(NC(=S)NC)cc1.[HH].[HH].[W]. The molecular formula is C9H15N2SW-. The van der Waals surface area contributed by atoms with Gasteiger partial charge in [-0.1, -0.05) is 12.1 Å². The van der Waals surface area contributed by atoms with Gasteiger partial charge in [0.05, 0.1) is 0 Å². The van der Waals surface area contributed by atoms with Gasteiger partial charge in [0.1, 0.15) is 0 Å². The van der Waals surface area contributed by atoms with Crippen molar-refractivity contribution in [2.45, 2.75) is 0 Å². The van der Waals surface area contributed by atoms with E-state index in [-0.39, 0.29) is 23.9 Å². The minimum Gasteiger partial charge on any atom is -0.366 e. The largest absolute Gasteiger partial charge is 0.366 e. The Kier molecular flexibility index (Phi) is 5.76. The second kappa shape index (κ2) is 6.00. The maximum Gasteiger partial charge on any atom is 0.170 e. The standard InChI is InChI=1S/C9H11N2S.W.2H2/c1-7-3-5-8(6-4-7)11-9(12)10-2;;;/h3-6H,1H2,2H3,(H2,10,11,12);;2*1H/q-1;;;. The molecule has 0 aliphatic heterocycles. The van der Waals surface area contributed by atoms with Crippen molar-refractivity contribution in [2.75, 3.05) is 12.4 Å². The van der Waals surface area contributed by atoms with E-state index >= 15 is 0 Å². The Balaban J connectivity index is -0.000000480. The van der Waals surface area contributed by atoms with Crippen molar-refractivity contribution in [3.8, 4) is 0 Å². The van der Waals surface area contributed by atoms with Gasteiger partial charge in [0.2, 0.25) is 0 Å². The molecule has 1 aromatic carbocycles. The van der Waals surface area contributed by atoms with E-state index in [4.69, 9.17) is 12.2 Å². The van der Waals surface area contributed by atoms with Crippen LogP contribution in [0.15, 0.2) is 24.3 Å². The van der Waals surface area contributed by atoms with Crippen LogP contribution in [0.5, 0.6) is 0 Å². The summed E-state index contributed by atoms with van der Waals surface area (Å²) in [5.74, 6) is 0. The van der Waals surface area contributed by atoms with E-state index in [0.29, 0.717) is 5.11 Å². The summed E-state index contributed by atoms with van der Waals surface area (Å²) in [6.07, 6.45) is 0. The zero-order chi connectivity index (χ0) is 8.97. The molecule has 0 aliphatic carbocycles. The first kappa shape index (κ1) is 12.5. The van der Waals surface area contributed by atoms with Crippen molar-refractivity contribution >= 4 is 23.0 Å². The molecule has 0 spiro atoms. The van der Waals surface area contributed by atoms with Gasteiger partial charge in [0, 0.05) is 36.7 Å². The van der Waals surface area contributed by atoms with Crippen molar-refractivity contribution in [2.24, 2.45) is 0 Å². The first-order valence-corrected chi connectivity index (χ1v) is 4.04. The van der Waals surface area contributed by atoms with Crippen LogP contribution in [0.3, 0.4) is 0 Å². The van der Waals surface area contributed by atoms with Crippen LogP contribution in [0, 0.1) is 6.92 Å².